The van der Waals surface area contributed by atoms with Crippen molar-refractivity contribution in [1.82, 2.24) is 9.97 Å². The molecule has 3 rings (SSSR count). The van der Waals surface area contributed by atoms with Crippen LogP contribution in [0.3, 0.4) is 0 Å². The molecule has 2 aromatic rings. The lowest BCUT2D eigenvalue weighted by molar-refractivity contribution is 0.0600. The van der Waals surface area contributed by atoms with Crippen LogP contribution >= 0.6 is 11.8 Å². The molecule has 6 heteroatoms. The molecule has 1 aromatic carbocycles. The Bertz CT molecular complexity index is 753. The minimum atomic E-state index is -0.340. The molecule has 0 amide bonds. The number of hydrogen-bond donors (Lipinski definition) is 1. The normalized spacial score (nSPS) is 13.0. The lowest BCUT2D eigenvalue weighted by atomic mass is 10.1. The molecule has 0 bridgehead atoms. The number of aromatic nitrogens is 2. The summed E-state index contributed by atoms with van der Waals surface area (Å²) in [5.74, 6) is 0.373. The Morgan fingerprint density at radius 1 is 1.32 bits per heavy atom. The first-order valence-electron chi connectivity index (χ1n) is 7.09. The van der Waals surface area contributed by atoms with Gasteiger partial charge in [0.05, 0.1) is 12.7 Å². The number of esters is 1. The maximum Gasteiger partial charge on any atom is 0.346 e. The number of hydrogen-bond acceptors (Lipinski definition) is 5. The predicted molar refractivity (Wildman–Crippen MR) is 84.2 cm³/mol. The molecule has 114 valence electrons. The third-order valence-corrected chi connectivity index (χ3v) is 4.78. The summed E-state index contributed by atoms with van der Waals surface area (Å²) >= 11 is 1.57. The summed E-state index contributed by atoms with van der Waals surface area (Å²) < 4.78 is 4.68. The van der Waals surface area contributed by atoms with Gasteiger partial charge >= 0.3 is 11.7 Å². The van der Waals surface area contributed by atoms with Crippen LogP contribution < -0.4 is 5.69 Å². The standard InChI is InChI=1S/C16H16N2O3S/c1-21-15(19)11-7-5-10(6-8-11)9-22-14-12-3-2-4-13(12)17-16(20)18-14/h5-8H,2-4,9H2,1H3,(H,17,18,20). The molecule has 0 saturated heterocycles. The Labute approximate surface area is 132 Å². The van der Waals surface area contributed by atoms with E-state index in [2.05, 4.69) is 14.7 Å². The maximum atomic E-state index is 11.6. The molecule has 1 N–H and O–H groups in total. The minimum Gasteiger partial charge on any atom is -0.465 e. The highest BCUT2D eigenvalue weighted by atomic mass is 32.2. The lowest BCUT2D eigenvalue weighted by Crippen LogP contribution is -2.14. The van der Waals surface area contributed by atoms with Gasteiger partial charge in [-0.25, -0.2) is 9.59 Å². The molecule has 1 heterocycles. The van der Waals surface area contributed by atoms with Crippen molar-refractivity contribution in [3.63, 3.8) is 0 Å². The van der Waals surface area contributed by atoms with E-state index in [1.807, 2.05) is 12.1 Å². The van der Waals surface area contributed by atoms with E-state index in [9.17, 15) is 9.59 Å². The first kappa shape index (κ1) is 14.8. The number of fused-ring (bicyclic) bond motifs is 1. The summed E-state index contributed by atoms with van der Waals surface area (Å²) in [7, 11) is 1.37. The van der Waals surface area contributed by atoms with Crippen molar-refractivity contribution in [3.8, 4) is 0 Å². The summed E-state index contributed by atoms with van der Waals surface area (Å²) in [5.41, 5.74) is 3.54. The highest BCUT2D eigenvalue weighted by Gasteiger charge is 2.18. The number of rotatable bonds is 4. The van der Waals surface area contributed by atoms with E-state index in [0.29, 0.717) is 11.3 Å². The fourth-order valence-electron chi connectivity index (χ4n) is 2.56. The molecule has 0 spiro atoms. The molecule has 0 aliphatic heterocycles. The molecule has 0 fully saturated rings. The van der Waals surface area contributed by atoms with E-state index < -0.39 is 0 Å². The summed E-state index contributed by atoms with van der Waals surface area (Å²) in [6, 6.07) is 7.29. The number of nitrogens with one attached hydrogen (secondary N) is 1. The smallest absolute Gasteiger partial charge is 0.346 e. The van der Waals surface area contributed by atoms with Crippen molar-refractivity contribution in [2.75, 3.05) is 7.11 Å². The van der Waals surface area contributed by atoms with Crippen LogP contribution in [-0.4, -0.2) is 23.0 Å². The van der Waals surface area contributed by atoms with Crippen LogP contribution in [0.4, 0.5) is 0 Å². The molecule has 0 unspecified atom stereocenters. The van der Waals surface area contributed by atoms with Crippen molar-refractivity contribution in [3.05, 3.63) is 57.1 Å². The van der Waals surface area contributed by atoms with Gasteiger partial charge in [0.2, 0.25) is 0 Å². The van der Waals surface area contributed by atoms with Crippen LogP contribution in [0.25, 0.3) is 0 Å². The SMILES string of the molecule is COC(=O)c1ccc(CSc2nc(=O)[nH]c3c2CCC3)cc1. The number of H-pyrrole nitrogens is 1. The van der Waals surface area contributed by atoms with Crippen LogP contribution in [0.15, 0.2) is 34.1 Å². The van der Waals surface area contributed by atoms with Gasteiger partial charge in [-0.05, 0) is 37.0 Å². The van der Waals surface area contributed by atoms with Crippen molar-refractivity contribution < 1.29 is 9.53 Å². The van der Waals surface area contributed by atoms with Crippen LogP contribution in [0.5, 0.6) is 0 Å². The van der Waals surface area contributed by atoms with Gasteiger partial charge < -0.3 is 9.72 Å². The van der Waals surface area contributed by atoms with E-state index in [1.165, 1.54) is 12.7 Å². The van der Waals surface area contributed by atoms with E-state index >= 15 is 0 Å². The van der Waals surface area contributed by atoms with Crippen molar-refractivity contribution in [2.45, 2.75) is 30.0 Å². The molecule has 1 aromatic heterocycles. The number of carbonyl (C=O) groups excluding carboxylic acids is 1. The summed E-state index contributed by atoms with van der Waals surface area (Å²) in [5, 5.41) is 0.827. The second-order valence-electron chi connectivity index (χ2n) is 5.13. The molecule has 0 saturated carbocycles. The molecule has 0 radical (unpaired) electrons. The number of carbonyl (C=O) groups is 1. The first-order valence-corrected chi connectivity index (χ1v) is 8.08. The van der Waals surface area contributed by atoms with E-state index in [-0.39, 0.29) is 11.7 Å². The summed E-state index contributed by atoms with van der Waals surface area (Å²) in [6.07, 6.45) is 2.97. The number of methoxy groups -OCH3 is 1. The quantitative estimate of drug-likeness (QED) is 0.532. The molecule has 0 atom stereocenters. The highest BCUT2D eigenvalue weighted by Crippen LogP contribution is 2.29. The van der Waals surface area contributed by atoms with Gasteiger partial charge in [0.15, 0.2) is 0 Å². The zero-order valence-corrected chi connectivity index (χ0v) is 13.0. The Balaban J connectivity index is 1.73. The zero-order valence-electron chi connectivity index (χ0n) is 12.2. The Morgan fingerprint density at radius 3 is 2.82 bits per heavy atom. The third-order valence-electron chi connectivity index (χ3n) is 3.69. The molecular formula is C16H16N2O3S. The van der Waals surface area contributed by atoms with E-state index in [0.717, 1.165) is 35.5 Å². The summed E-state index contributed by atoms with van der Waals surface area (Å²) in [6.45, 7) is 0. The Hall–Kier alpha value is -2.08. The van der Waals surface area contributed by atoms with Crippen molar-refractivity contribution in [2.24, 2.45) is 0 Å². The zero-order chi connectivity index (χ0) is 15.5. The minimum absolute atomic E-state index is 0.274. The average Bonchev–Trinajstić information content (AvgIpc) is 3.00. The fraction of sp³-hybridized carbons (Fsp3) is 0.312. The monoisotopic (exact) mass is 316 g/mol. The first-order chi connectivity index (χ1) is 10.7. The summed E-state index contributed by atoms with van der Waals surface area (Å²) in [4.78, 5) is 29.9. The van der Waals surface area contributed by atoms with Crippen molar-refractivity contribution >= 4 is 17.7 Å². The number of ether oxygens (including phenoxy) is 1. The maximum absolute atomic E-state index is 11.6. The number of thioether (sulfide) groups is 1. The van der Waals surface area contributed by atoms with Crippen LogP contribution in [-0.2, 0) is 23.3 Å². The topological polar surface area (TPSA) is 72.0 Å². The van der Waals surface area contributed by atoms with E-state index in [1.54, 1.807) is 23.9 Å². The average molecular weight is 316 g/mol. The van der Waals surface area contributed by atoms with Crippen LogP contribution in [0.1, 0.15) is 33.6 Å². The molecule has 1 aliphatic carbocycles. The number of benzene rings is 1. The second kappa shape index (κ2) is 6.36. The van der Waals surface area contributed by atoms with E-state index in [4.69, 9.17) is 0 Å². The van der Waals surface area contributed by atoms with Crippen molar-refractivity contribution in [1.29, 1.82) is 0 Å². The number of aryl methyl sites for hydroxylation is 1. The molecule has 1 aliphatic rings. The van der Waals surface area contributed by atoms with Crippen LogP contribution in [0, 0.1) is 0 Å². The van der Waals surface area contributed by atoms with Gasteiger partial charge in [0.25, 0.3) is 0 Å². The van der Waals surface area contributed by atoms with Gasteiger partial charge in [0, 0.05) is 17.0 Å². The second-order valence-corrected chi connectivity index (χ2v) is 6.10. The Kier molecular flexibility index (Phi) is 4.29. The largest absolute Gasteiger partial charge is 0.465 e. The van der Waals surface area contributed by atoms with Gasteiger partial charge in [0.1, 0.15) is 5.03 Å². The number of nitrogens with zero attached hydrogens (tertiary/aromatic N) is 1. The molecular weight excluding hydrogens is 300 g/mol. The molecule has 5 nitrogen and oxygen atoms in total. The lowest BCUT2D eigenvalue weighted by Gasteiger charge is -2.07. The van der Waals surface area contributed by atoms with Gasteiger partial charge in [-0.3, -0.25) is 0 Å². The molecule has 22 heavy (non-hydrogen) atoms. The van der Waals surface area contributed by atoms with Gasteiger partial charge in [-0.15, -0.1) is 11.8 Å². The van der Waals surface area contributed by atoms with Crippen LogP contribution in [0.2, 0.25) is 0 Å². The third kappa shape index (κ3) is 3.06. The van der Waals surface area contributed by atoms with Gasteiger partial charge in [-0.1, -0.05) is 12.1 Å². The number of aromatic amines is 1. The highest BCUT2D eigenvalue weighted by molar-refractivity contribution is 7.98. The Morgan fingerprint density at radius 2 is 2.09 bits per heavy atom. The fourth-order valence-corrected chi connectivity index (χ4v) is 3.60. The predicted octanol–water partition coefficient (Wildman–Crippen LogP) is 2.34. The van der Waals surface area contributed by atoms with Gasteiger partial charge in [-0.2, -0.15) is 4.98 Å².